The summed E-state index contributed by atoms with van der Waals surface area (Å²) in [6.07, 6.45) is 1.36. The lowest BCUT2D eigenvalue weighted by atomic mass is 10.2. The molecule has 27 heavy (non-hydrogen) atoms. The average Bonchev–Trinajstić information content (AvgIpc) is 2.82. The Balaban J connectivity index is 2.23. The molecular formula is C19H27N2O5P. The Kier molecular flexibility index (Phi) is 6.26. The number of amides is 1. The van der Waals surface area contributed by atoms with Gasteiger partial charge in [-0.25, -0.2) is 0 Å². The number of ether oxygens (including phenoxy) is 1. The fourth-order valence-corrected chi connectivity index (χ4v) is 3.61. The standard InChI is InChI=1S/C19H27N2O5P/c1-13-17(22)18(23)16(19(24)20(2)3)21(13)14-7-9-15(10-8-14)26-11-6-12-27(4,5)25/h7-10,22-23H,6,11-12H2,1-5H3. The van der Waals surface area contributed by atoms with Crippen LogP contribution in [-0.4, -0.2) is 65.8 Å². The van der Waals surface area contributed by atoms with Crippen LogP contribution in [0.5, 0.6) is 17.2 Å². The van der Waals surface area contributed by atoms with Gasteiger partial charge in [-0.2, -0.15) is 0 Å². The zero-order chi connectivity index (χ0) is 20.4. The van der Waals surface area contributed by atoms with Crippen LogP contribution in [-0.2, 0) is 4.57 Å². The van der Waals surface area contributed by atoms with Crippen molar-refractivity contribution in [3.8, 4) is 22.9 Å². The lowest BCUT2D eigenvalue weighted by molar-refractivity contribution is 0.0816. The number of hydrogen-bond acceptors (Lipinski definition) is 5. The molecule has 0 unspecified atom stereocenters. The summed E-state index contributed by atoms with van der Waals surface area (Å²) in [6, 6.07) is 7.00. The highest BCUT2D eigenvalue weighted by atomic mass is 31.2. The van der Waals surface area contributed by atoms with Crippen molar-refractivity contribution in [3.63, 3.8) is 0 Å². The summed E-state index contributed by atoms with van der Waals surface area (Å²) in [5.41, 5.74) is 0.991. The van der Waals surface area contributed by atoms with E-state index < -0.39 is 18.8 Å². The van der Waals surface area contributed by atoms with E-state index >= 15 is 0 Å². The monoisotopic (exact) mass is 394 g/mol. The van der Waals surface area contributed by atoms with Crippen molar-refractivity contribution < 1.29 is 24.3 Å². The summed E-state index contributed by atoms with van der Waals surface area (Å²) >= 11 is 0. The van der Waals surface area contributed by atoms with Crippen LogP contribution in [0.3, 0.4) is 0 Å². The van der Waals surface area contributed by atoms with Gasteiger partial charge in [0, 0.05) is 25.9 Å². The molecule has 2 rings (SSSR count). The van der Waals surface area contributed by atoms with Gasteiger partial charge in [0.2, 0.25) is 0 Å². The van der Waals surface area contributed by atoms with Gasteiger partial charge < -0.3 is 29.0 Å². The maximum absolute atomic E-state index is 12.4. The summed E-state index contributed by atoms with van der Waals surface area (Å²) in [5.74, 6) is -0.515. The molecule has 0 fully saturated rings. The minimum absolute atomic E-state index is 0.00492. The summed E-state index contributed by atoms with van der Waals surface area (Å²) in [6.45, 7) is 5.62. The molecule has 7 nitrogen and oxygen atoms in total. The SMILES string of the molecule is Cc1c(O)c(O)c(C(=O)N(C)C)n1-c1ccc(OCCCP(C)(C)=O)cc1. The first kappa shape index (κ1) is 20.9. The molecule has 0 radical (unpaired) electrons. The highest BCUT2D eigenvalue weighted by Crippen LogP contribution is 2.38. The van der Waals surface area contributed by atoms with Gasteiger partial charge >= 0.3 is 0 Å². The quantitative estimate of drug-likeness (QED) is 0.555. The van der Waals surface area contributed by atoms with Gasteiger partial charge in [-0.3, -0.25) is 4.79 Å². The zero-order valence-corrected chi connectivity index (χ0v) is 17.3. The number of carbonyl (C=O) groups is 1. The Morgan fingerprint density at radius 1 is 1.15 bits per heavy atom. The van der Waals surface area contributed by atoms with Gasteiger partial charge in [-0.05, 0) is 50.9 Å². The van der Waals surface area contributed by atoms with Crippen molar-refractivity contribution in [2.45, 2.75) is 13.3 Å². The largest absolute Gasteiger partial charge is 0.503 e. The van der Waals surface area contributed by atoms with Gasteiger partial charge in [0.05, 0.1) is 19.4 Å². The lowest BCUT2D eigenvalue weighted by Crippen LogP contribution is -2.24. The van der Waals surface area contributed by atoms with Crippen molar-refractivity contribution >= 4 is 13.0 Å². The Hall–Kier alpha value is -2.40. The minimum atomic E-state index is -2.03. The van der Waals surface area contributed by atoms with Gasteiger partial charge in [0.1, 0.15) is 5.75 Å². The second-order valence-electron chi connectivity index (χ2n) is 7.16. The third kappa shape index (κ3) is 4.86. The molecule has 1 amide bonds. The molecule has 0 atom stereocenters. The van der Waals surface area contributed by atoms with Crippen molar-refractivity contribution in [1.82, 2.24) is 9.47 Å². The molecule has 148 valence electrons. The molecule has 2 N–H and O–H groups in total. The van der Waals surface area contributed by atoms with E-state index in [1.807, 2.05) is 0 Å². The van der Waals surface area contributed by atoms with Crippen molar-refractivity contribution in [2.75, 3.05) is 40.2 Å². The summed E-state index contributed by atoms with van der Waals surface area (Å²) in [7, 11) is 1.12. The van der Waals surface area contributed by atoms with Crippen LogP contribution in [0.4, 0.5) is 0 Å². The van der Waals surface area contributed by atoms with Crippen LogP contribution in [0.2, 0.25) is 0 Å². The third-order valence-corrected chi connectivity index (χ3v) is 5.56. The van der Waals surface area contributed by atoms with Crippen molar-refractivity contribution in [3.05, 3.63) is 35.7 Å². The molecule has 1 heterocycles. The number of hydrogen-bond donors (Lipinski definition) is 2. The van der Waals surface area contributed by atoms with Crippen LogP contribution in [0.25, 0.3) is 5.69 Å². The smallest absolute Gasteiger partial charge is 0.274 e. The maximum atomic E-state index is 12.4. The Labute approximate surface area is 159 Å². The topological polar surface area (TPSA) is 92.0 Å². The first-order valence-electron chi connectivity index (χ1n) is 8.65. The number of aromatic nitrogens is 1. The number of nitrogens with zero attached hydrogens (tertiary/aromatic N) is 2. The normalized spacial score (nSPS) is 11.4. The van der Waals surface area contributed by atoms with Crippen molar-refractivity contribution in [1.29, 1.82) is 0 Å². The van der Waals surface area contributed by atoms with E-state index in [4.69, 9.17) is 4.74 Å². The zero-order valence-electron chi connectivity index (χ0n) is 16.4. The Bertz CT molecular complexity index is 865. The number of rotatable bonds is 7. The molecule has 1 aromatic heterocycles. The highest BCUT2D eigenvalue weighted by molar-refractivity contribution is 7.62. The molecular weight excluding hydrogens is 367 g/mol. The number of carbonyl (C=O) groups excluding carboxylic acids is 1. The van der Waals surface area contributed by atoms with Crippen LogP contribution >= 0.6 is 7.14 Å². The summed E-state index contributed by atoms with van der Waals surface area (Å²) in [4.78, 5) is 13.8. The maximum Gasteiger partial charge on any atom is 0.274 e. The van der Waals surface area contributed by atoms with E-state index in [1.165, 1.54) is 9.47 Å². The van der Waals surface area contributed by atoms with Crippen LogP contribution in [0.15, 0.2) is 24.3 Å². The lowest BCUT2D eigenvalue weighted by Gasteiger charge is -2.15. The van der Waals surface area contributed by atoms with Gasteiger partial charge in [-0.1, -0.05) is 0 Å². The van der Waals surface area contributed by atoms with E-state index in [1.54, 1.807) is 58.6 Å². The number of benzene rings is 1. The Morgan fingerprint density at radius 2 is 1.74 bits per heavy atom. The Morgan fingerprint density at radius 3 is 2.26 bits per heavy atom. The molecule has 0 aliphatic carbocycles. The molecule has 0 aliphatic rings. The van der Waals surface area contributed by atoms with E-state index in [-0.39, 0.29) is 11.4 Å². The average molecular weight is 394 g/mol. The highest BCUT2D eigenvalue weighted by Gasteiger charge is 2.27. The van der Waals surface area contributed by atoms with E-state index in [9.17, 15) is 19.6 Å². The van der Waals surface area contributed by atoms with Crippen molar-refractivity contribution in [2.24, 2.45) is 0 Å². The first-order chi connectivity index (χ1) is 12.5. The first-order valence-corrected chi connectivity index (χ1v) is 11.4. The molecule has 0 saturated carbocycles. The molecule has 0 bridgehead atoms. The van der Waals surface area contributed by atoms with Gasteiger partial charge in [-0.15, -0.1) is 0 Å². The molecule has 0 spiro atoms. The van der Waals surface area contributed by atoms with Crippen LogP contribution in [0, 0.1) is 6.92 Å². The fraction of sp³-hybridized carbons (Fsp3) is 0.421. The van der Waals surface area contributed by atoms with E-state index in [0.29, 0.717) is 36.3 Å². The predicted octanol–water partition coefficient (Wildman–Crippen LogP) is 3.29. The van der Waals surface area contributed by atoms with Crippen LogP contribution < -0.4 is 4.74 Å². The fourth-order valence-electron chi connectivity index (χ4n) is 2.72. The summed E-state index contributed by atoms with van der Waals surface area (Å²) in [5, 5.41) is 20.3. The minimum Gasteiger partial charge on any atom is -0.503 e. The van der Waals surface area contributed by atoms with Gasteiger partial charge in [0.15, 0.2) is 17.2 Å². The molecule has 2 aromatic rings. The second-order valence-corrected chi connectivity index (χ2v) is 10.8. The molecule has 0 saturated heterocycles. The van der Waals surface area contributed by atoms with Gasteiger partial charge in [0.25, 0.3) is 5.91 Å². The second kappa shape index (κ2) is 8.09. The molecule has 1 aromatic carbocycles. The van der Waals surface area contributed by atoms with Crippen LogP contribution in [0.1, 0.15) is 22.6 Å². The van der Waals surface area contributed by atoms with E-state index in [0.717, 1.165) is 0 Å². The third-order valence-electron chi connectivity index (χ3n) is 4.16. The summed E-state index contributed by atoms with van der Waals surface area (Å²) < 4.78 is 18.9. The molecule has 0 aliphatic heterocycles. The molecule has 8 heteroatoms. The number of aromatic hydroxyl groups is 2. The predicted molar refractivity (Wildman–Crippen MR) is 106 cm³/mol. The van der Waals surface area contributed by atoms with E-state index in [2.05, 4.69) is 0 Å².